The number of rotatable bonds is 8. The Morgan fingerprint density at radius 3 is 2.86 bits per heavy atom. The van der Waals surface area contributed by atoms with Gasteiger partial charge in [-0.15, -0.1) is 5.10 Å². The number of nitrogens with zero attached hydrogens (tertiary/aromatic N) is 3. The van der Waals surface area contributed by atoms with Crippen molar-refractivity contribution >= 4 is 12.0 Å². The van der Waals surface area contributed by atoms with E-state index in [-0.39, 0.29) is 18.2 Å². The summed E-state index contributed by atoms with van der Waals surface area (Å²) in [5, 5.41) is 20.5. The summed E-state index contributed by atoms with van der Waals surface area (Å²) in [6.45, 7) is 0.820. The number of phenols is 1. The van der Waals surface area contributed by atoms with Gasteiger partial charge < -0.3 is 19.9 Å². The van der Waals surface area contributed by atoms with Crippen molar-refractivity contribution in [3.63, 3.8) is 0 Å². The van der Waals surface area contributed by atoms with Gasteiger partial charge in [-0.25, -0.2) is 4.68 Å². The van der Waals surface area contributed by atoms with Crippen LogP contribution in [0.15, 0.2) is 54.7 Å². The molecule has 8 heteroatoms. The van der Waals surface area contributed by atoms with Crippen LogP contribution >= 0.6 is 0 Å². The van der Waals surface area contributed by atoms with Gasteiger partial charge in [0.1, 0.15) is 11.4 Å². The number of ether oxygens (including phenoxy) is 2. The first-order chi connectivity index (χ1) is 14.1. The lowest BCUT2D eigenvalue weighted by Gasteiger charge is -2.04. The number of nitrogens with one attached hydrogen (secondary N) is 1. The van der Waals surface area contributed by atoms with Crippen LogP contribution in [-0.2, 0) is 17.9 Å². The molecule has 0 saturated heterocycles. The summed E-state index contributed by atoms with van der Waals surface area (Å²) in [7, 11) is 3.10. The molecule has 0 bridgehead atoms. The smallest absolute Gasteiger partial charge is 0.244 e. The molecular weight excluding hydrogens is 372 g/mol. The zero-order valence-corrected chi connectivity index (χ0v) is 16.2. The molecule has 0 unspecified atom stereocenters. The average Bonchev–Trinajstić information content (AvgIpc) is 3.19. The molecule has 29 heavy (non-hydrogen) atoms. The van der Waals surface area contributed by atoms with Gasteiger partial charge in [-0.05, 0) is 41.5 Å². The highest BCUT2D eigenvalue weighted by atomic mass is 16.5. The van der Waals surface area contributed by atoms with E-state index in [1.165, 1.54) is 19.3 Å². The molecule has 1 aromatic heterocycles. The maximum Gasteiger partial charge on any atom is 0.244 e. The lowest BCUT2D eigenvalue weighted by atomic mass is 10.2. The predicted molar refractivity (Wildman–Crippen MR) is 108 cm³/mol. The van der Waals surface area contributed by atoms with E-state index in [0.717, 1.165) is 16.9 Å². The fourth-order valence-corrected chi connectivity index (χ4v) is 2.66. The van der Waals surface area contributed by atoms with Crippen LogP contribution in [0.5, 0.6) is 17.2 Å². The minimum Gasteiger partial charge on any atom is -0.504 e. The number of amides is 1. The number of phenolic OH excluding ortho intramolecular Hbond substituents is 1. The van der Waals surface area contributed by atoms with Gasteiger partial charge in [-0.3, -0.25) is 4.79 Å². The van der Waals surface area contributed by atoms with E-state index in [1.807, 2.05) is 24.3 Å². The van der Waals surface area contributed by atoms with E-state index in [2.05, 4.69) is 15.6 Å². The van der Waals surface area contributed by atoms with Crippen LogP contribution in [0.4, 0.5) is 0 Å². The minimum atomic E-state index is -0.264. The van der Waals surface area contributed by atoms with Gasteiger partial charge in [0.05, 0.1) is 33.5 Å². The summed E-state index contributed by atoms with van der Waals surface area (Å²) in [5.74, 6) is 0.916. The van der Waals surface area contributed by atoms with Gasteiger partial charge in [-0.1, -0.05) is 23.4 Å². The summed E-state index contributed by atoms with van der Waals surface area (Å²) >= 11 is 0. The average molecular weight is 394 g/mol. The Bertz CT molecular complexity index is 1010. The Labute approximate surface area is 168 Å². The van der Waals surface area contributed by atoms with Gasteiger partial charge in [0.2, 0.25) is 5.91 Å². The maximum absolute atomic E-state index is 12.0. The van der Waals surface area contributed by atoms with Crippen molar-refractivity contribution in [3.8, 4) is 17.2 Å². The number of hydrogen-bond donors (Lipinski definition) is 2. The van der Waals surface area contributed by atoms with Crippen LogP contribution in [0.1, 0.15) is 16.8 Å². The molecule has 0 aliphatic heterocycles. The standard InChI is InChI=1S/C21H22N4O4/c1-28-18-5-3-4-16(10-18)13-25-14-17(23-24-25)12-22-21(27)9-7-15-6-8-19(26)20(11-15)29-2/h3-11,14,26H,12-13H2,1-2H3,(H,22,27)/b9-7+. The molecule has 3 aromatic rings. The first-order valence-electron chi connectivity index (χ1n) is 8.92. The summed E-state index contributed by atoms with van der Waals surface area (Å²) < 4.78 is 12.0. The van der Waals surface area contributed by atoms with Crippen LogP contribution < -0.4 is 14.8 Å². The Kier molecular flexibility index (Phi) is 6.47. The van der Waals surface area contributed by atoms with Crippen molar-refractivity contribution < 1.29 is 19.4 Å². The number of methoxy groups -OCH3 is 2. The fraction of sp³-hybridized carbons (Fsp3) is 0.190. The van der Waals surface area contributed by atoms with Crippen LogP contribution in [0, 0.1) is 0 Å². The number of aromatic nitrogens is 3. The molecule has 8 nitrogen and oxygen atoms in total. The van der Waals surface area contributed by atoms with Crippen LogP contribution in [-0.4, -0.2) is 40.2 Å². The Hall–Kier alpha value is -3.81. The van der Waals surface area contributed by atoms with Crippen molar-refractivity contribution in [2.75, 3.05) is 14.2 Å². The molecule has 1 heterocycles. The van der Waals surface area contributed by atoms with Gasteiger partial charge in [0.15, 0.2) is 11.5 Å². The maximum atomic E-state index is 12.0. The first-order valence-corrected chi connectivity index (χ1v) is 8.92. The van der Waals surface area contributed by atoms with Crippen LogP contribution in [0.25, 0.3) is 6.08 Å². The van der Waals surface area contributed by atoms with E-state index in [4.69, 9.17) is 9.47 Å². The molecule has 0 fully saturated rings. The first kappa shape index (κ1) is 19.9. The SMILES string of the molecule is COc1cccc(Cn2cc(CNC(=O)/C=C/c3ccc(O)c(OC)c3)nn2)c1. The topological polar surface area (TPSA) is 98.5 Å². The van der Waals surface area contributed by atoms with Crippen LogP contribution in [0.3, 0.4) is 0 Å². The summed E-state index contributed by atoms with van der Waals surface area (Å²) in [5.41, 5.74) is 2.43. The fourth-order valence-electron chi connectivity index (χ4n) is 2.66. The normalized spacial score (nSPS) is 10.8. The molecule has 1 amide bonds. The molecule has 0 aliphatic carbocycles. The highest BCUT2D eigenvalue weighted by molar-refractivity contribution is 5.91. The minimum absolute atomic E-state index is 0.0473. The summed E-state index contributed by atoms with van der Waals surface area (Å²) in [4.78, 5) is 12.0. The number of hydrogen-bond acceptors (Lipinski definition) is 6. The molecule has 0 saturated carbocycles. The van der Waals surface area contributed by atoms with E-state index >= 15 is 0 Å². The molecule has 0 aliphatic rings. The Morgan fingerprint density at radius 2 is 2.07 bits per heavy atom. The van der Waals surface area contributed by atoms with Gasteiger partial charge >= 0.3 is 0 Å². The third-order valence-corrected chi connectivity index (χ3v) is 4.14. The number of carbonyl (C=O) groups is 1. The van der Waals surface area contributed by atoms with Crippen molar-refractivity contribution in [1.29, 1.82) is 0 Å². The summed E-state index contributed by atoms with van der Waals surface area (Å²) in [6.07, 6.45) is 4.83. The third-order valence-electron chi connectivity index (χ3n) is 4.14. The number of benzene rings is 2. The lowest BCUT2D eigenvalue weighted by molar-refractivity contribution is -0.116. The molecular formula is C21H22N4O4. The number of aromatic hydroxyl groups is 1. The quantitative estimate of drug-likeness (QED) is 0.569. The second-order valence-electron chi connectivity index (χ2n) is 6.24. The zero-order chi connectivity index (χ0) is 20.6. The van der Waals surface area contributed by atoms with E-state index in [1.54, 1.807) is 36.2 Å². The Morgan fingerprint density at radius 1 is 1.21 bits per heavy atom. The molecule has 0 spiro atoms. The largest absolute Gasteiger partial charge is 0.504 e. The Balaban J connectivity index is 1.53. The van der Waals surface area contributed by atoms with Crippen molar-refractivity contribution in [2.24, 2.45) is 0 Å². The second-order valence-corrected chi connectivity index (χ2v) is 6.24. The van der Waals surface area contributed by atoms with Crippen molar-refractivity contribution in [3.05, 3.63) is 71.6 Å². The number of carbonyl (C=O) groups excluding carboxylic acids is 1. The third kappa shape index (κ3) is 5.58. The van der Waals surface area contributed by atoms with Crippen molar-refractivity contribution in [2.45, 2.75) is 13.1 Å². The van der Waals surface area contributed by atoms with E-state index in [9.17, 15) is 9.90 Å². The highest BCUT2D eigenvalue weighted by Crippen LogP contribution is 2.26. The molecule has 150 valence electrons. The van der Waals surface area contributed by atoms with Gasteiger partial charge in [-0.2, -0.15) is 0 Å². The van der Waals surface area contributed by atoms with E-state index in [0.29, 0.717) is 18.0 Å². The lowest BCUT2D eigenvalue weighted by Crippen LogP contribution is -2.20. The zero-order valence-electron chi connectivity index (χ0n) is 16.2. The summed E-state index contributed by atoms with van der Waals surface area (Å²) in [6, 6.07) is 12.6. The second kappa shape index (κ2) is 9.41. The van der Waals surface area contributed by atoms with Crippen LogP contribution in [0.2, 0.25) is 0 Å². The van der Waals surface area contributed by atoms with Crippen molar-refractivity contribution in [1.82, 2.24) is 20.3 Å². The highest BCUT2D eigenvalue weighted by Gasteiger charge is 2.05. The predicted octanol–water partition coefficient (Wildman–Crippen LogP) is 2.38. The molecule has 0 atom stereocenters. The molecule has 3 rings (SSSR count). The van der Waals surface area contributed by atoms with Gasteiger partial charge in [0, 0.05) is 6.08 Å². The molecule has 2 N–H and O–H groups in total. The molecule has 2 aromatic carbocycles. The van der Waals surface area contributed by atoms with E-state index < -0.39 is 0 Å². The monoisotopic (exact) mass is 394 g/mol. The van der Waals surface area contributed by atoms with Gasteiger partial charge in [0.25, 0.3) is 0 Å². The molecule has 0 radical (unpaired) electrons.